The van der Waals surface area contributed by atoms with Crippen molar-refractivity contribution in [2.45, 2.75) is 0 Å². The van der Waals surface area contributed by atoms with E-state index in [-0.39, 0.29) is 11.4 Å². The molecule has 3 aromatic heterocycles. The normalized spacial score (nSPS) is 10.7. The molecule has 0 aliphatic rings. The Hall–Kier alpha value is -4.99. The summed E-state index contributed by atoms with van der Waals surface area (Å²) in [6.07, 6.45) is 3.13. The number of aryl methyl sites for hydroxylation is 1. The van der Waals surface area contributed by atoms with Gasteiger partial charge in [0.1, 0.15) is 5.69 Å². The van der Waals surface area contributed by atoms with E-state index in [9.17, 15) is 9.59 Å². The van der Waals surface area contributed by atoms with Gasteiger partial charge in [0.15, 0.2) is 17.2 Å². The number of carbonyl (C=O) groups excluding carboxylic acids is 2. The van der Waals surface area contributed by atoms with Crippen LogP contribution in [0.2, 0.25) is 0 Å². The molecule has 0 aliphatic heterocycles. The average Bonchev–Trinajstić information content (AvgIpc) is 3.62. The van der Waals surface area contributed by atoms with Crippen LogP contribution < -0.4 is 10.6 Å². The van der Waals surface area contributed by atoms with Crippen molar-refractivity contribution in [3.05, 3.63) is 90.5 Å². The van der Waals surface area contributed by atoms with Crippen molar-refractivity contribution >= 4 is 23.2 Å². The van der Waals surface area contributed by atoms with Gasteiger partial charge in [0.2, 0.25) is 0 Å². The van der Waals surface area contributed by atoms with Crippen molar-refractivity contribution in [2.75, 3.05) is 10.6 Å². The fourth-order valence-electron chi connectivity index (χ4n) is 3.35. The van der Waals surface area contributed by atoms with Crippen molar-refractivity contribution in [3.8, 4) is 22.6 Å². The molecular formula is C24H18N6O4. The predicted molar refractivity (Wildman–Crippen MR) is 123 cm³/mol. The summed E-state index contributed by atoms with van der Waals surface area (Å²) < 4.78 is 11.6. The third-order valence-electron chi connectivity index (χ3n) is 5.08. The maximum atomic E-state index is 12.7. The summed E-state index contributed by atoms with van der Waals surface area (Å²) in [5.74, 6) is 0.440. The minimum Gasteiger partial charge on any atom is -0.356 e. The maximum Gasteiger partial charge on any atom is 0.276 e. The molecule has 10 nitrogen and oxygen atoms in total. The second kappa shape index (κ2) is 8.87. The Kier molecular flexibility index (Phi) is 5.45. The number of anilines is 2. The minimum atomic E-state index is -0.432. The smallest absolute Gasteiger partial charge is 0.276 e. The van der Waals surface area contributed by atoms with Gasteiger partial charge in [0.05, 0.1) is 12.4 Å². The van der Waals surface area contributed by atoms with Crippen molar-refractivity contribution in [1.29, 1.82) is 0 Å². The fourth-order valence-corrected chi connectivity index (χ4v) is 3.35. The van der Waals surface area contributed by atoms with Crippen LogP contribution in [-0.2, 0) is 7.05 Å². The Labute approximate surface area is 193 Å². The first-order valence-electron chi connectivity index (χ1n) is 10.3. The number of hydrogen-bond acceptors (Lipinski definition) is 7. The lowest BCUT2D eigenvalue weighted by Gasteiger charge is -2.05. The fraction of sp³-hybridized carbons (Fsp3) is 0.0417. The van der Waals surface area contributed by atoms with E-state index in [1.54, 1.807) is 68.0 Å². The molecule has 0 radical (unpaired) electrons. The summed E-state index contributed by atoms with van der Waals surface area (Å²) in [6, 6.07) is 19.2. The molecule has 3 heterocycles. The average molecular weight is 454 g/mol. The minimum absolute atomic E-state index is 0.118. The van der Waals surface area contributed by atoms with Crippen LogP contribution >= 0.6 is 0 Å². The van der Waals surface area contributed by atoms with Crippen molar-refractivity contribution < 1.29 is 18.6 Å². The molecule has 0 saturated heterocycles. The summed E-state index contributed by atoms with van der Waals surface area (Å²) in [5, 5.41) is 17.1. The van der Waals surface area contributed by atoms with Crippen LogP contribution in [0.5, 0.6) is 0 Å². The molecule has 10 heteroatoms. The van der Waals surface area contributed by atoms with E-state index in [1.165, 1.54) is 10.7 Å². The molecule has 2 aromatic carbocycles. The lowest BCUT2D eigenvalue weighted by atomic mass is 10.1. The first-order chi connectivity index (χ1) is 16.6. The van der Waals surface area contributed by atoms with Gasteiger partial charge < -0.3 is 19.7 Å². The van der Waals surface area contributed by atoms with E-state index >= 15 is 0 Å². The molecule has 0 unspecified atom stereocenters. The molecule has 0 bridgehead atoms. The third-order valence-corrected chi connectivity index (χ3v) is 5.08. The zero-order valence-electron chi connectivity index (χ0n) is 17.9. The highest BCUT2D eigenvalue weighted by Gasteiger charge is 2.18. The van der Waals surface area contributed by atoms with Crippen molar-refractivity contribution in [3.63, 3.8) is 0 Å². The highest BCUT2D eigenvalue weighted by atomic mass is 16.5. The molecule has 0 atom stereocenters. The number of nitrogens with one attached hydrogen (secondary N) is 2. The summed E-state index contributed by atoms with van der Waals surface area (Å²) >= 11 is 0. The Morgan fingerprint density at radius 1 is 0.735 bits per heavy atom. The molecule has 2 amide bonds. The second-order valence-corrected chi connectivity index (χ2v) is 7.35. The summed E-state index contributed by atoms with van der Waals surface area (Å²) in [7, 11) is 1.60. The van der Waals surface area contributed by atoms with Gasteiger partial charge in [0.25, 0.3) is 11.8 Å². The molecule has 5 aromatic rings. The lowest BCUT2D eigenvalue weighted by molar-refractivity contribution is 0.101. The van der Waals surface area contributed by atoms with Crippen molar-refractivity contribution in [1.82, 2.24) is 20.1 Å². The van der Waals surface area contributed by atoms with E-state index in [4.69, 9.17) is 9.05 Å². The number of carbonyl (C=O) groups is 2. The third kappa shape index (κ3) is 4.32. The van der Waals surface area contributed by atoms with E-state index in [1.807, 2.05) is 12.1 Å². The van der Waals surface area contributed by atoms with E-state index in [2.05, 4.69) is 26.0 Å². The van der Waals surface area contributed by atoms with Gasteiger partial charge in [-0.05, 0) is 48.5 Å². The van der Waals surface area contributed by atoms with Crippen LogP contribution in [-0.4, -0.2) is 31.9 Å². The molecular weight excluding hydrogens is 436 g/mol. The Bertz CT molecular complexity index is 1420. The number of hydrogen-bond donors (Lipinski definition) is 2. The molecule has 2 N–H and O–H groups in total. The Morgan fingerprint density at radius 2 is 1.24 bits per heavy atom. The van der Waals surface area contributed by atoms with E-state index in [0.717, 1.165) is 11.1 Å². The van der Waals surface area contributed by atoms with Crippen molar-refractivity contribution in [2.24, 2.45) is 7.05 Å². The van der Waals surface area contributed by atoms with Crippen LogP contribution in [0, 0.1) is 0 Å². The number of nitrogens with zero attached hydrogens (tertiary/aromatic N) is 4. The standard InChI is InChI=1S/C24H18N6O4/c1-30-20(24(32)28-18-8-4-16(5-9-18)22-11-13-26-34-22)14-19(29-30)23(31)27-17-6-2-15(3-7-17)21-10-12-25-33-21/h2-14H,1H3,(H,27,31)(H,28,32). The highest BCUT2D eigenvalue weighted by molar-refractivity contribution is 6.07. The SMILES string of the molecule is Cn1nc(C(=O)Nc2ccc(-c3ccno3)cc2)cc1C(=O)Nc1ccc(-c2ccno2)cc1. The van der Waals surface area contributed by atoms with Gasteiger partial charge in [-0.15, -0.1) is 0 Å². The summed E-state index contributed by atoms with van der Waals surface area (Å²) in [5.41, 5.74) is 3.20. The quantitative estimate of drug-likeness (QED) is 0.393. The number of aromatic nitrogens is 4. The van der Waals surface area contributed by atoms with Gasteiger partial charge in [0, 0.05) is 47.7 Å². The molecule has 0 saturated carbocycles. The highest BCUT2D eigenvalue weighted by Crippen LogP contribution is 2.22. The van der Waals surface area contributed by atoms with Gasteiger partial charge in [-0.1, -0.05) is 10.3 Å². The number of benzene rings is 2. The van der Waals surface area contributed by atoms with Crippen LogP contribution in [0.15, 0.2) is 88.2 Å². The molecule has 0 fully saturated rings. The molecule has 0 spiro atoms. The topological polar surface area (TPSA) is 128 Å². The van der Waals surface area contributed by atoms with Crippen LogP contribution in [0.3, 0.4) is 0 Å². The second-order valence-electron chi connectivity index (χ2n) is 7.35. The van der Waals surface area contributed by atoms with Gasteiger partial charge in [-0.2, -0.15) is 5.10 Å². The molecule has 168 valence electrons. The van der Waals surface area contributed by atoms with Crippen LogP contribution in [0.25, 0.3) is 22.6 Å². The summed E-state index contributed by atoms with van der Waals surface area (Å²) in [6.45, 7) is 0. The monoisotopic (exact) mass is 454 g/mol. The maximum absolute atomic E-state index is 12.7. The predicted octanol–water partition coefficient (Wildman–Crippen LogP) is 4.23. The summed E-state index contributed by atoms with van der Waals surface area (Å²) in [4.78, 5) is 25.4. The number of amides is 2. The first kappa shape index (κ1) is 20.9. The van der Waals surface area contributed by atoms with Gasteiger partial charge in [-0.25, -0.2) is 0 Å². The van der Waals surface area contributed by atoms with Crippen LogP contribution in [0.4, 0.5) is 11.4 Å². The van der Waals surface area contributed by atoms with E-state index in [0.29, 0.717) is 22.9 Å². The largest absolute Gasteiger partial charge is 0.356 e. The zero-order valence-corrected chi connectivity index (χ0v) is 17.9. The van der Waals surface area contributed by atoms with Gasteiger partial charge >= 0.3 is 0 Å². The van der Waals surface area contributed by atoms with E-state index < -0.39 is 11.8 Å². The molecule has 34 heavy (non-hydrogen) atoms. The Morgan fingerprint density at radius 3 is 1.71 bits per heavy atom. The van der Waals surface area contributed by atoms with Crippen LogP contribution in [0.1, 0.15) is 21.0 Å². The zero-order chi connectivity index (χ0) is 23.5. The Balaban J connectivity index is 1.25. The number of rotatable bonds is 6. The molecule has 0 aliphatic carbocycles. The lowest BCUT2D eigenvalue weighted by Crippen LogP contribution is -2.15. The first-order valence-corrected chi connectivity index (χ1v) is 10.3. The van der Waals surface area contributed by atoms with Gasteiger partial charge in [-0.3, -0.25) is 14.3 Å². The molecule has 5 rings (SSSR count).